The lowest BCUT2D eigenvalue weighted by molar-refractivity contribution is -0.387. The summed E-state index contributed by atoms with van der Waals surface area (Å²) in [7, 11) is 0. The molecule has 0 spiro atoms. The van der Waals surface area contributed by atoms with Gasteiger partial charge in [0.2, 0.25) is 11.7 Å². The fraction of sp³-hybridized carbons (Fsp3) is 0.417. The van der Waals surface area contributed by atoms with Crippen molar-refractivity contribution in [1.82, 2.24) is 0 Å². The van der Waals surface area contributed by atoms with Gasteiger partial charge < -0.3 is 11.1 Å². The minimum absolute atomic E-state index is 0.0652. The van der Waals surface area contributed by atoms with Crippen LogP contribution in [0.1, 0.15) is 19.8 Å². The van der Waals surface area contributed by atoms with Crippen molar-refractivity contribution in [3.63, 3.8) is 0 Å². The maximum absolute atomic E-state index is 13.1. The van der Waals surface area contributed by atoms with Gasteiger partial charge in [-0.3, -0.25) is 14.9 Å². The highest BCUT2D eigenvalue weighted by molar-refractivity contribution is 5.91. The Morgan fingerprint density at radius 3 is 2.79 bits per heavy atom. The number of nitro groups is 1. The monoisotopic (exact) mass is 269 g/mol. The first-order valence-corrected chi connectivity index (χ1v) is 5.91. The Labute approximate surface area is 109 Å². The molecule has 3 N–H and O–H groups in total. The van der Waals surface area contributed by atoms with E-state index in [4.69, 9.17) is 5.73 Å². The average Bonchev–Trinajstić information content (AvgIpc) is 2.37. The van der Waals surface area contributed by atoms with Crippen molar-refractivity contribution >= 4 is 17.3 Å². The molecule has 0 bridgehead atoms. The Morgan fingerprint density at radius 2 is 2.26 bits per heavy atom. The molecule has 0 aliphatic heterocycles. The molecule has 1 rings (SSSR count). The number of halogens is 1. The lowest BCUT2D eigenvalue weighted by Gasteiger charge is -2.11. The molecule has 0 saturated carbocycles. The first-order valence-electron chi connectivity index (χ1n) is 5.91. The van der Waals surface area contributed by atoms with Crippen LogP contribution in [0.5, 0.6) is 0 Å². The number of nitrogens with one attached hydrogen (secondary N) is 1. The molecular weight excluding hydrogens is 253 g/mol. The van der Waals surface area contributed by atoms with E-state index in [1.807, 2.05) is 6.92 Å². The maximum Gasteiger partial charge on any atom is 0.306 e. The average molecular weight is 269 g/mol. The summed E-state index contributed by atoms with van der Waals surface area (Å²) in [6, 6.07) is 3.23. The van der Waals surface area contributed by atoms with Gasteiger partial charge in [0, 0.05) is 18.2 Å². The van der Waals surface area contributed by atoms with Crippen molar-refractivity contribution < 1.29 is 14.1 Å². The van der Waals surface area contributed by atoms with E-state index in [2.05, 4.69) is 5.32 Å². The van der Waals surface area contributed by atoms with Crippen molar-refractivity contribution in [3.8, 4) is 0 Å². The highest BCUT2D eigenvalue weighted by atomic mass is 19.1. The van der Waals surface area contributed by atoms with Crippen LogP contribution in [0.3, 0.4) is 0 Å². The van der Waals surface area contributed by atoms with E-state index in [0.717, 1.165) is 18.6 Å². The lowest BCUT2D eigenvalue weighted by Crippen LogP contribution is -2.21. The number of nitro benzene ring substituents is 1. The largest absolute Gasteiger partial charge is 0.330 e. The maximum atomic E-state index is 13.1. The minimum atomic E-state index is -0.934. The van der Waals surface area contributed by atoms with Gasteiger partial charge in [0.15, 0.2) is 0 Å². The van der Waals surface area contributed by atoms with Crippen LogP contribution in [0.2, 0.25) is 0 Å². The molecule has 1 unspecified atom stereocenters. The van der Waals surface area contributed by atoms with E-state index < -0.39 is 16.4 Å². The summed E-state index contributed by atoms with van der Waals surface area (Å²) in [5.41, 5.74) is 5.03. The van der Waals surface area contributed by atoms with Gasteiger partial charge in [-0.15, -0.1) is 0 Å². The number of rotatable bonds is 6. The number of amides is 1. The van der Waals surface area contributed by atoms with Gasteiger partial charge in [0.1, 0.15) is 0 Å². The summed E-state index contributed by atoms with van der Waals surface area (Å²) < 4.78 is 13.1. The summed E-state index contributed by atoms with van der Waals surface area (Å²) in [4.78, 5) is 21.4. The molecular formula is C12H16FN3O3. The minimum Gasteiger partial charge on any atom is -0.330 e. The van der Waals surface area contributed by atoms with Crippen molar-refractivity contribution in [3.05, 3.63) is 34.1 Å². The Morgan fingerprint density at radius 1 is 1.58 bits per heavy atom. The fourth-order valence-electron chi connectivity index (χ4n) is 1.60. The predicted octanol–water partition coefficient (Wildman–Crippen LogP) is 2.05. The van der Waals surface area contributed by atoms with Crippen LogP contribution in [-0.2, 0) is 4.79 Å². The van der Waals surface area contributed by atoms with E-state index in [1.54, 1.807) is 0 Å². The van der Waals surface area contributed by atoms with E-state index in [0.29, 0.717) is 6.54 Å². The number of nitrogens with two attached hydrogens (primary N) is 1. The summed E-state index contributed by atoms with van der Waals surface area (Å²) in [6.07, 6.45) is 1.01. The Kier molecular flexibility index (Phi) is 5.37. The number of hydrogen-bond acceptors (Lipinski definition) is 4. The molecule has 0 fully saturated rings. The third kappa shape index (κ3) is 4.29. The topological polar surface area (TPSA) is 98.3 Å². The quantitative estimate of drug-likeness (QED) is 0.610. The Balaban J connectivity index is 2.74. The first kappa shape index (κ1) is 15.0. The molecule has 1 aromatic carbocycles. The van der Waals surface area contributed by atoms with Gasteiger partial charge in [-0.25, -0.2) is 0 Å². The standard InChI is InChI=1S/C12H16FN3O3/c1-2-8(7-14)5-12(17)15-9-3-4-10(13)11(6-9)16(18)19/h3-4,6,8H,2,5,7,14H2,1H3,(H,15,17). The third-order valence-electron chi connectivity index (χ3n) is 2.81. The van der Waals surface area contributed by atoms with Crippen LogP contribution in [0, 0.1) is 21.8 Å². The second-order valence-electron chi connectivity index (χ2n) is 4.19. The van der Waals surface area contributed by atoms with Gasteiger partial charge in [-0.05, 0) is 24.6 Å². The van der Waals surface area contributed by atoms with Crippen molar-refractivity contribution in [2.45, 2.75) is 19.8 Å². The molecule has 19 heavy (non-hydrogen) atoms. The number of carbonyl (C=O) groups excluding carboxylic acids is 1. The van der Waals surface area contributed by atoms with Crippen molar-refractivity contribution in [2.75, 3.05) is 11.9 Å². The molecule has 104 valence electrons. The lowest BCUT2D eigenvalue weighted by atomic mass is 10.0. The molecule has 1 atom stereocenters. The fourth-order valence-corrected chi connectivity index (χ4v) is 1.60. The zero-order valence-electron chi connectivity index (χ0n) is 10.6. The van der Waals surface area contributed by atoms with Crippen LogP contribution < -0.4 is 11.1 Å². The van der Waals surface area contributed by atoms with Crippen LogP contribution in [0.4, 0.5) is 15.8 Å². The second-order valence-corrected chi connectivity index (χ2v) is 4.19. The van der Waals surface area contributed by atoms with Gasteiger partial charge in [-0.1, -0.05) is 13.3 Å². The number of carbonyl (C=O) groups is 1. The predicted molar refractivity (Wildman–Crippen MR) is 69.1 cm³/mol. The van der Waals surface area contributed by atoms with E-state index >= 15 is 0 Å². The zero-order chi connectivity index (χ0) is 14.4. The smallest absolute Gasteiger partial charge is 0.306 e. The van der Waals surface area contributed by atoms with Gasteiger partial charge in [-0.2, -0.15) is 4.39 Å². The number of hydrogen-bond donors (Lipinski definition) is 2. The van der Waals surface area contributed by atoms with Crippen LogP contribution >= 0.6 is 0 Å². The summed E-state index contributed by atoms with van der Waals surface area (Å²) >= 11 is 0. The van der Waals surface area contributed by atoms with Gasteiger partial charge in [0.25, 0.3) is 0 Å². The SMILES string of the molecule is CCC(CN)CC(=O)Nc1ccc(F)c([N+](=O)[O-])c1. The van der Waals surface area contributed by atoms with E-state index in [-0.39, 0.29) is 23.9 Å². The molecule has 0 aliphatic carbocycles. The molecule has 7 heteroatoms. The molecule has 0 aliphatic rings. The third-order valence-corrected chi connectivity index (χ3v) is 2.81. The molecule has 6 nitrogen and oxygen atoms in total. The Hall–Kier alpha value is -2.02. The number of benzene rings is 1. The van der Waals surface area contributed by atoms with E-state index in [9.17, 15) is 19.3 Å². The van der Waals surface area contributed by atoms with Gasteiger partial charge in [0.05, 0.1) is 4.92 Å². The van der Waals surface area contributed by atoms with Crippen LogP contribution in [0.15, 0.2) is 18.2 Å². The Bertz CT molecular complexity index is 475. The second kappa shape index (κ2) is 6.79. The summed E-state index contributed by atoms with van der Waals surface area (Å²) in [5, 5.41) is 13.1. The molecule has 1 aromatic rings. The normalized spacial score (nSPS) is 11.9. The highest BCUT2D eigenvalue weighted by Crippen LogP contribution is 2.22. The van der Waals surface area contributed by atoms with Crippen LogP contribution in [-0.4, -0.2) is 17.4 Å². The van der Waals surface area contributed by atoms with E-state index in [1.165, 1.54) is 6.07 Å². The molecule has 0 radical (unpaired) electrons. The summed E-state index contributed by atoms with van der Waals surface area (Å²) in [5.74, 6) is -1.16. The number of nitrogens with zero attached hydrogens (tertiary/aromatic N) is 1. The molecule has 0 heterocycles. The van der Waals surface area contributed by atoms with Crippen molar-refractivity contribution in [2.24, 2.45) is 11.7 Å². The zero-order valence-corrected chi connectivity index (χ0v) is 10.6. The molecule has 0 aromatic heterocycles. The molecule has 1 amide bonds. The van der Waals surface area contributed by atoms with Crippen LogP contribution in [0.25, 0.3) is 0 Å². The molecule has 0 saturated heterocycles. The van der Waals surface area contributed by atoms with Crippen molar-refractivity contribution in [1.29, 1.82) is 0 Å². The summed E-state index contributed by atoms with van der Waals surface area (Å²) in [6.45, 7) is 2.32. The number of anilines is 1. The van der Waals surface area contributed by atoms with Gasteiger partial charge >= 0.3 is 5.69 Å². The highest BCUT2D eigenvalue weighted by Gasteiger charge is 2.16. The first-order chi connectivity index (χ1) is 8.97.